The topological polar surface area (TPSA) is 69.9 Å². The van der Waals surface area contributed by atoms with Crippen molar-refractivity contribution >= 4 is 5.97 Å². The number of hydrogen-bond acceptors (Lipinski definition) is 5. The van der Waals surface area contributed by atoms with Crippen LogP contribution in [0.5, 0.6) is 0 Å². The van der Waals surface area contributed by atoms with Gasteiger partial charge in [0.05, 0.1) is 7.11 Å². The molecule has 0 saturated carbocycles. The largest absolute Gasteiger partial charge is 0.463 e. The lowest BCUT2D eigenvalue weighted by Crippen LogP contribution is -2.12. The Morgan fingerprint density at radius 2 is 2.00 bits per heavy atom. The molecule has 2 aromatic rings. The molecular weight excluding hydrogens is 244 g/mol. The summed E-state index contributed by atoms with van der Waals surface area (Å²) in [7, 11) is 1.29. The van der Waals surface area contributed by atoms with Crippen LogP contribution in [-0.4, -0.2) is 32.8 Å². The lowest BCUT2D eigenvalue weighted by molar-refractivity contribution is 0.0587. The highest BCUT2D eigenvalue weighted by Crippen LogP contribution is 2.21. The molecule has 0 aliphatic rings. The van der Waals surface area contributed by atoms with Crippen molar-refractivity contribution < 1.29 is 9.53 Å². The molecule has 0 aliphatic heterocycles. The van der Waals surface area contributed by atoms with Crippen molar-refractivity contribution in [1.29, 1.82) is 0 Å². The summed E-state index contributed by atoms with van der Waals surface area (Å²) in [6, 6.07) is 3.83. The van der Waals surface area contributed by atoms with E-state index in [0.717, 1.165) is 5.56 Å². The minimum absolute atomic E-state index is 0.0178. The zero-order valence-corrected chi connectivity index (χ0v) is 11.4. The average Bonchev–Trinajstić information content (AvgIpc) is 2.86. The van der Waals surface area contributed by atoms with E-state index in [-0.39, 0.29) is 11.2 Å². The number of aromatic nitrogens is 4. The van der Waals surface area contributed by atoms with E-state index in [0.29, 0.717) is 5.82 Å². The van der Waals surface area contributed by atoms with Crippen LogP contribution in [0.25, 0.3) is 5.82 Å². The van der Waals surface area contributed by atoms with Gasteiger partial charge in [-0.05, 0) is 17.0 Å². The van der Waals surface area contributed by atoms with Gasteiger partial charge in [0.2, 0.25) is 0 Å². The van der Waals surface area contributed by atoms with Crippen LogP contribution < -0.4 is 0 Å². The molecule has 100 valence electrons. The molecule has 19 heavy (non-hydrogen) atoms. The molecule has 0 bridgehead atoms. The fourth-order valence-corrected chi connectivity index (χ4v) is 1.52. The maximum atomic E-state index is 11.3. The van der Waals surface area contributed by atoms with Gasteiger partial charge in [0.1, 0.15) is 6.33 Å². The van der Waals surface area contributed by atoms with Crippen LogP contribution in [0, 0.1) is 0 Å². The molecule has 6 heteroatoms. The molecule has 2 rings (SSSR count). The van der Waals surface area contributed by atoms with Gasteiger partial charge < -0.3 is 4.74 Å². The van der Waals surface area contributed by atoms with Crippen molar-refractivity contribution in [2.45, 2.75) is 26.2 Å². The number of esters is 1. The molecule has 0 N–H and O–H groups in total. The summed E-state index contributed by atoms with van der Waals surface area (Å²) in [6.07, 6.45) is 3.24. The van der Waals surface area contributed by atoms with Gasteiger partial charge >= 0.3 is 5.97 Å². The normalized spacial score (nSPS) is 11.4. The van der Waals surface area contributed by atoms with Crippen LogP contribution in [0.2, 0.25) is 0 Å². The number of rotatable bonds is 2. The first kappa shape index (κ1) is 13.2. The zero-order valence-electron chi connectivity index (χ0n) is 11.4. The van der Waals surface area contributed by atoms with Gasteiger partial charge in [0.15, 0.2) is 5.82 Å². The third-order valence-corrected chi connectivity index (χ3v) is 2.71. The number of methoxy groups -OCH3 is 1. The number of nitrogens with zero attached hydrogens (tertiary/aromatic N) is 4. The summed E-state index contributed by atoms with van der Waals surface area (Å²) >= 11 is 0. The first-order chi connectivity index (χ1) is 8.91. The fourth-order valence-electron chi connectivity index (χ4n) is 1.52. The average molecular weight is 260 g/mol. The van der Waals surface area contributed by atoms with Crippen LogP contribution in [0.1, 0.15) is 37.0 Å². The number of carbonyl (C=O) groups excluding carboxylic acids is 1. The predicted octanol–water partition coefficient (Wildman–Crippen LogP) is 1.75. The fraction of sp³-hybridized carbons (Fsp3) is 0.385. The van der Waals surface area contributed by atoms with Crippen molar-refractivity contribution in [3.8, 4) is 5.82 Å². The Bertz CT molecular complexity index is 581. The second kappa shape index (κ2) is 4.79. The minimum atomic E-state index is -0.565. The van der Waals surface area contributed by atoms with E-state index >= 15 is 0 Å². The van der Waals surface area contributed by atoms with Crippen LogP contribution in [-0.2, 0) is 10.2 Å². The molecule has 2 aromatic heterocycles. The molecule has 0 fully saturated rings. The molecule has 0 aliphatic carbocycles. The van der Waals surface area contributed by atoms with Gasteiger partial charge in [-0.1, -0.05) is 26.8 Å². The summed E-state index contributed by atoms with van der Waals surface area (Å²) < 4.78 is 5.99. The third kappa shape index (κ3) is 2.78. The maximum Gasteiger partial charge on any atom is 0.377 e. The number of hydrogen-bond donors (Lipinski definition) is 0. The molecule has 0 amide bonds. The van der Waals surface area contributed by atoms with E-state index in [4.69, 9.17) is 0 Å². The smallest absolute Gasteiger partial charge is 0.377 e. The van der Waals surface area contributed by atoms with Crippen molar-refractivity contribution in [3.05, 3.63) is 36.0 Å². The van der Waals surface area contributed by atoms with E-state index in [9.17, 15) is 4.79 Å². The Morgan fingerprint density at radius 3 is 2.53 bits per heavy atom. The van der Waals surface area contributed by atoms with Crippen LogP contribution >= 0.6 is 0 Å². The highest BCUT2D eigenvalue weighted by atomic mass is 16.5. The number of carbonyl (C=O) groups is 1. The summed E-state index contributed by atoms with van der Waals surface area (Å²) in [5, 5.41) is 4.01. The molecule has 0 atom stereocenters. The monoisotopic (exact) mass is 260 g/mol. The van der Waals surface area contributed by atoms with Gasteiger partial charge in [-0.25, -0.2) is 19.4 Å². The van der Waals surface area contributed by atoms with Crippen LogP contribution in [0.15, 0.2) is 24.7 Å². The first-order valence-corrected chi connectivity index (χ1v) is 5.88. The van der Waals surface area contributed by atoms with Crippen LogP contribution in [0.3, 0.4) is 0 Å². The first-order valence-electron chi connectivity index (χ1n) is 5.88. The quantitative estimate of drug-likeness (QED) is 0.769. The summed E-state index contributed by atoms with van der Waals surface area (Å²) in [5.41, 5.74) is 1.18. The number of ether oxygens (including phenoxy) is 1. The van der Waals surface area contributed by atoms with Gasteiger partial charge in [-0.15, -0.1) is 5.10 Å². The Balaban J connectivity index is 2.28. The van der Waals surface area contributed by atoms with Crippen LogP contribution in [0.4, 0.5) is 0 Å². The van der Waals surface area contributed by atoms with E-state index in [1.807, 2.05) is 12.1 Å². The Kier molecular flexibility index (Phi) is 3.33. The summed E-state index contributed by atoms with van der Waals surface area (Å²) in [6.45, 7) is 6.36. The molecule has 2 heterocycles. The molecule has 0 aromatic carbocycles. The molecule has 0 saturated heterocycles. The Morgan fingerprint density at radius 1 is 1.26 bits per heavy atom. The highest BCUT2D eigenvalue weighted by Gasteiger charge is 2.15. The Hall–Kier alpha value is -2.24. The van der Waals surface area contributed by atoms with Crippen molar-refractivity contribution in [2.24, 2.45) is 0 Å². The lowest BCUT2D eigenvalue weighted by Gasteiger charge is -2.18. The molecular formula is C13H16N4O2. The van der Waals surface area contributed by atoms with Gasteiger partial charge in [0, 0.05) is 6.20 Å². The molecule has 0 radical (unpaired) electrons. The predicted molar refractivity (Wildman–Crippen MR) is 69.2 cm³/mol. The van der Waals surface area contributed by atoms with Gasteiger partial charge in [-0.3, -0.25) is 0 Å². The van der Waals surface area contributed by atoms with Crippen molar-refractivity contribution in [3.63, 3.8) is 0 Å². The number of pyridine rings is 1. The van der Waals surface area contributed by atoms with E-state index in [2.05, 4.69) is 40.6 Å². The molecule has 0 spiro atoms. The third-order valence-electron chi connectivity index (χ3n) is 2.71. The maximum absolute atomic E-state index is 11.3. The van der Waals surface area contributed by atoms with E-state index in [1.165, 1.54) is 18.1 Å². The van der Waals surface area contributed by atoms with Gasteiger partial charge in [-0.2, -0.15) is 0 Å². The second-order valence-electron chi connectivity index (χ2n) is 5.16. The van der Waals surface area contributed by atoms with Gasteiger partial charge in [0.25, 0.3) is 5.82 Å². The lowest BCUT2D eigenvalue weighted by atomic mass is 9.88. The molecule has 6 nitrogen and oxygen atoms in total. The highest BCUT2D eigenvalue weighted by molar-refractivity contribution is 5.84. The molecule has 0 unspecified atom stereocenters. The van der Waals surface area contributed by atoms with E-state index in [1.54, 1.807) is 6.20 Å². The second-order valence-corrected chi connectivity index (χ2v) is 5.16. The van der Waals surface area contributed by atoms with E-state index < -0.39 is 5.97 Å². The standard InChI is InChI=1S/C13H16N4O2/c1-13(2,3)9-5-6-10(14-7-9)17-8-15-11(16-17)12(18)19-4/h5-8H,1-4H3. The SMILES string of the molecule is COC(=O)c1ncn(-c2ccc(C(C)(C)C)cn2)n1. The zero-order chi connectivity index (χ0) is 14.0. The summed E-state index contributed by atoms with van der Waals surface area (Å²) in [4.78, 5) is 19.5. The van der Waals surface area contributed by atoms with Crippen molar-refractivity contribution in [2.75, 3.05) is 7.11 Å². The minimum Gasteiger partial charge on any atom is -0.463 e. The Labute approximate surface area is 111 Å². The van der Waals surface area contributed by atoms with Crippen molar-refractivity contribution in [1.82, 2.24) is 19.7 Å². The summed E-state index contributed by atoms with van der Waals surface area (Å²) in [5.74, 6) is 0.0601.